The standard InChI is InChI=1S/C14H15Cl2N3O2/c15-11-4-2-1-3-10(11)12(20)14(21,13(16)5-6-13)7-19-9-17-8-18-19/h1-4,8-9,12,20-21H,5-7H2. The summed E-state index contributed by atoms with van der Waals surface area (Å²) in [5.74, 6) is 0. The summed E-state index contributed by atoms with van der Waals surface area (Å²) in [4.78, 5) is 2.97. The smallest absolute Gasteiger partial charge is 0.137 e. The number of hydrogen-bond donors (Lipinski definition) is 2. The lowest BCUT2D eigenvalue weighted by Crippen LogP contribution is -2.50. The number of nitrogens with zero attached hydrogens (tertiary/aromatic N) is 3. The predicted molar refractivity (Wildman–Crippen MR) is 79.2 cm³/mol. The maximum Gasteiger partial charge on any atom is 0.137 e. The molecular weight excluding hydrogens is 313 g/mol. The molecule has 1 fully saturated rings. The fraction of sp³-hybridized carbons (Fsp3) is 0.429. The molecule has 0 bridgehead atoms. The molecule has 1 aromatic heterocycles. The van der Waals surface area contributed by atoms with E-state index in [-0.39, 0.29) is 6.54 Å². The van der Waals surface area contributed by atoms with Gasteiger partial charge in [-0.15, -0.1) is 11.6 Å². The Morgan fingerprint density at radius 3 is 2.67 bits per heavy atom. The van der Waals surface area contributed by atoms with Crippen LogP contribution in [0.15, 0.2) is 36.9 Å². The summed E-state index contributed by atoms with van der Waals surface area (Å²) in [6, 6.07) is 6.88. The molecule has 0 amide bonds. The Morgan fingerprint density at radius 1 is 1.38 bits per heavy atom. The molecule has 1 aromatic carbocycles. The number of aromatic nitrogens is 3. The molecule has 1 saturated carbocycles. The van der Waals surface area contributed by atoms with Crippen molar-refractivity contribution < 1.29 is 10.2 Å². The molecular formula is C14H15Cl2N3O2. The van der Waals surface area contributed by atoms with Crippen molar-refractivity contribution in [2.75, 3.05) is 0 Å². The average Bonchev–Trinajstić information content (AvgIpc) is 3.02. The molecule has 1 heterocycles. The van der Waals surface area contributed by atoms with Crippen molar-refractivity contribution >= 4 is 23.2 Å². The molecule has 1 aliphatic rings. The Bertz CT molecular complexity index is 631. The van der Waals surface area contributed by atoms with E-state index in [4.69, 9.17) is 23.2 Å². The second-order valence-electron chi connectivity index (χ2n) is 5.41. The SMILES string of the molecule is OC(c1ccccc1Cl)C(O)(Cn1cncn1)C1(Cl)CC1. The number of alkyl halides is 1. The van der Waals surface area contributed by atoms with Crippen molar-refractivity contribution in [3.63, 3.8) is 0 Å². The molecule has 2 N–H and O–H groups in total. The fourth-order valence-corrected chi connectivity index (χ4v) is 3.03. The Labute approximate surface area is 132 Å². The molecule has 0 spiro atoms. The lowest BCUT2D eigenvalue weighted by Gasteiger charge is -2.37. The molecule has 0 radical (unpaired) electrons. The molecule has 112 valence electrons. The molecule has 21 heavy (non-hydrogen) atoms. The first-order valence-corrected chi connectivity index (χ1v) is 7.38. The van der Waals surface area contributed by atoms with Gasteiger partial charge in [0.1, 0.15) is 24.4 Å². The second kappa shape index (κ2) is 5.25. The third kappa shape index (κ3) is 2.55. The lowest BCUT2D eigenvalue weighted by atomic mass is 9.86. The maximum absolute atomic E-state index is 11.1. The molecule has 1 aliphatic carbocycles. The molecule has 2 atom stereocenters. The van der Waals surface area contributed by atoms with Crippen molar-refractivity contribution in [3.05, 3.63) is 47.5 Å². The third-order valence-corrected chi connectivity index (χ3v) is 5.04. The van der Waals surface area contributed by atoms with E-state index >= 15 is 0 Å². The van der Waals surface area contributed by atoms with E-state index in [2.05, 4.69) is 10.1 Å². The van der Waals surface area contributed by atoms with Crippen LogP contribution in [0.25, 0.3) is 0 Å². The molecule has 2 unspecified atom stereocenters. The zero-order valence-electron chi connectivity index (χ0n) is 11.2. The Balaban J connectivity index is 1.98. The van der Waals surface area contributed by atoms with Gasteiger partial charge in [-0.3, -0.25) is 0 Å². The molecule has 2 aromatic rings. The molecule has 0 aliphatic heterocycles. The monoisotopic (exact) mass is 327 g/mol. The summed E-state index contributed by atoms with van der Waals surface area (Å²) in [5.41, 5.74) is -1.12. The minimum absolute atomic E-state index is 0.0445. The zero-order chi connectivity index (χ0) is 15.1. The van der Waals surface area contributed by atoms with Crippen LogP contribution in [0.4, 0.5) is 0 Å². The first-order chi connectivity index (χ1) is 9.96. The van der Waals surface area contributed by atoms with Crippen LogP contribution in [0.1, 0.15) is 24.5 Å². The summed E-state index contributed by atoms with van der Waals surface area (Å²) < 4.78 is 1.46. The van der Waals surface area contributed by atoms with Gasteiger partial charge in [0, 0.05) is 10.6 Å². The highest BCUT2D eigenvalue weighted by Gasteiger charge is 2.62. The summed E-state index contributed by atoms with van der Waals surface area (Å²) >= 11 is 12.6. The van der Waals surface area contributed by atoms with Crippen molar-refractivity contribution in [3.8, 4) is 0 Å². The van der Waals surface area contributed by atoms with Gasteiger partial charge in [0.25, 0.3) is 0 Å². The van der Waals surface area contributed by atoms with E-state index < -0.39 is 16.6 Å². The van der Waals surface area contributed by atoms with Crippen molar-refractivity contribution in [1.29, 1.82) is 0 Å². The summed E-state index contributed by atoms with van der Waals surface area (Å²) in [5, 5.41) is 26.2. The first kappa shape index (κ1) is 14.8. The van der Waals surface area contributed by atoms with Gasteiger partial charge in [-0.05, 0) is 18.9 Å². The molecule has 0 saturated heterocycles. The number of rotatable bonds is 5. The van der Waals surface area contributed by atoms with Crippen LogP contribution in [0, 0.1) is 0 Å². The third-order valence-electron chi connectivity index (χ3n) is 3.99. The number of aliphatic hydroxyl groups is 2. The van der Waals surface area contributed by atoms with Gasteiger partial charge >= 0.3 is 0 Å². The molecule has 5 nitrogen and oxygen atoms in total. The van der Waals surface area contributed by atoms with Gasteiger partial charge in [0.2, 0.25) is 0 Å². The lowest BCUT2D eigenvalue weighted by molar-refractivity contribution is -0.0981. The summed E-state index contributed by atoms with van der Waals surface area (Å²) in [7, 11) is 0. The molecule has 7 heteroatoms. The quantitative estimate of drug-likeness (QED) is 0.825. The highest BCUT2D eigenvalue weighted by atomic mass is 35.5. The highest BCUT2D eigenvalue weighted by molar-refractivity contribution is 6.31. The van der Waals surface area contributed by atoms with Gasteiger partial charge in [-0.25, -0.2) is 9.67 Å². The number of hydrogen-bond acceptors (Lipinski definition) is 4. The van der Waals surface area contributed by atoms with Crippen molar-refractivity contribution in [1.82, 2.24) is 14.8 Å². The van der Waals surface area contributed by atoms with E-state index in [1.54, 1.807) is 24.3 Å². The normalized spacial score (nSPS) is 20.8. The largest absolute Gasteiger partial charge is 0.385 e. The Kier molecular flexibility index (Phi) is 3.69. The van der Waals surface area contributed by atoms with Gasteiger partial charge in [-0.1, -0.05) is 29.8 Å². The average molecular weight is 328 g/mol. The highest BCUT2D eigenvalue weighted by Crippen LogP contribution is 2.56. The van der Waals surface area contributed by atoms with Gasteiger partial charge < -0.3 is 10.2 Å². The zero-order valence-corrected chi connectivity index (χ0v) is 12.7. The van der Waals surface area contributed by atoms with E-state index in [0.29, 0.717) is 23.4 Å². The van der Waals surface area contributed by atoms with Gasteiger partial charge in [0.05, 0.1) is 11.4 Å². The predicted octanol–water partition coefficient (Wildman–Crippen LogP) is 2.17. The van der Waals surface area contributed by atoms with Crippen LogP contribution in [-0.4, -0.2) is 35.5 Å². The van der Waals surface area contributed by atoms with Crippen molar-refractivity contribution in [2.24, 2.45) is 0 Å². The number of benzene rings is 1. The van der Waals surface area contributed by atoms with Gasteiger partial charge in [0.15, 0.2) is 0 Å². The van der Waals surface area contributed by atoms with Crippen molar-refractivity contribution in [2.45, 2.75) is 36.0 Å². The first-order valence-electron chi connectivity index (χ1n) is 6.62. The number of halogens is 2. The minimum atomic E-state index is -1.58. The maximum atomic E-state index is 11.1. The summed E-state index contributed by atoms with van der Waals surface area (Å²) in [6.07, 6.45) is 2.89. The van der Waals surface area contributed by atoms with E-state index in [0.717, 1.165) is 0 Å². The fourth-order valence-electron chi connectivity index (χ4n) is 2.53. The van der Waals surface area contributed by atoms with E-state index in [9.17, 15) is 10.2 Å². The number of aliphatic hydroxyl groups excluding tert-OH is 1. The van der Waals surface area contributed by atoms with E-state index in [1.807, 2.05) is 0 Å². The van der Waals surface area contributed by atoms with Crippen LogP contribution in [-0.2, 0) is 6.54 Å². The van der Waals surface area contributed by atoms with Crippen LogP contribution < -0.4 is 0 Å². The summed E-state index contributed by atoms with van der Waals surface area (Å²) in [6.45, 7) is 0.0445. The Hall–Kier alpha value is -1.14. The Morgan fingerprint density at radius 2 is 2.10 bits per heavy atom. The van der Waals surface area contributed by atoms with Crippen LogP contribution in [0.2, 0.25) is 5.02 Å². The minimum Gasteiger partial charge on any atom is -0.385 e. The van der Waals surface area contributed by atoms with Crippen LogP contribution in [0.3, 0.4) is 0 Å². The van der Waals surface area contributed by atoms with E-state index in [1.165, 1.54) is 17.3 Å². The van der Waals surface area contributed by atoms with Crippen LogP contribution >= 0.6 is 23.2 Å². The second-order valence-corrected chi connectivity index (χ2v) is 6.54. The van der Waals surface area contributed by atoms with Gasteiger partial charge in [-0.2, -0.15) is 5.10 Å². The molecule has 3 rings (SSSR count). The topological polar surface area (TPSA) is 71.2 Å². The van der Waals surface area contributed by atoms with Crippen LogP contribution in [0.5, 0.6) is 0 Å².